The molecule has 0 aliphatic carbocycles. The van der Waals surface area contributed by atoms with Gasteiger partial charge in [-0.05, 0) is 30.5 Å². The summed E-state index contributed by atoms with van der Waals surface area (Å²) in [6, 6.07) is 7.59. The van der Waals surface area contributed by atoms with Crippen molar-refractivity contribution in [3.63, 3.8) is 0 Å². The van der Waals surface area contributed by atoms with Crippen LogP contribution in [-0.4, -0.2) is 25.3 Å². The molecule has 0 spiro atoms. The van der Waals surface area contributed by atoms with Crippen LogP contribution in [0.15, 0.2) is 24.3 Å². The van der Waals surface area contributed by atoms with Gasteiger partial charge in [-0.15, -0.1) is 0 Å². The van der Waals surface area contributed by atoms with Gasteiger partial charge in [0, 0.05) is 5.75 Å². The van der Waals surface area contributed by atoms with Crippen molar-refractivity contribution in [2.45, 2.75) is 19.8 Å². The molecule has 0 N–H and O–H groups in total. The number of hydrogen-bond acceptors (Lipinski definition) is 4. The molecule has 4 nitrogen and oxygen atoms in total. The standard InChI is InChI=1S/C11H16O4S.Na/c1-2-10-4-6-11(7-5-10)15-8-3-9-16(12,13)14;/h4-7H,2-3,8-9H2,1H3,(H,12,13,14);/q;+1/p-1. The molecule has 0 amide bonds. The van der Waals surface area contributed by atoms with E-state index in [0.29, 0.717) is 5.75 Å². The summed E-state index contributed by atoms with van der Waals surface area (Å²) in [4.78, 5) is 0. The summed E-state index contributed by atoms with van der Waals surface area (Å²) in [7, 11) is -4.12. The Morgan fingerprint density at radius 2 is 1.82 bits per heavy atom. The maximum atomic E-state index is 10.3. The normalized spacial score (nSPS) is 10.7. The molecule has 0 bridgehead atoms. The maximum Gasteiger partial charge on any atom is 1.00 e. The Kier molecular flexibility index (Phi) is 8.07. The number of rotatable bonds is 6. The first-order valence-corrected chi connectivity index (χ1v) is 6.74. The van der Waals surface area contributed by atoms with Crippen LogP contribution in [0.2, 0.25) is 0 Å². The van der Waals surface area contributed by atoms with Crippen molar-refractivity contribution in [3.8, 4) is 5.75 Å². The van der Waals surface area contributed by atoms with E-state index in [1.54, 1.807) is 0 Å². The molecule has 90 valence electrons. The van der Waals surface area contributed by atoms with Gasteiger partial charge in [-0.1, -0.05) is 19.1 Å². The van der Waals surface area contributed by atoms with Gasteiger partial charge in [0.25, 0.3) is 0 Å². The Balaban J connectivity index is 0.00000256. The molecule has 0 heterocycles. The molecule has 1 rings (SSSR count). The Morgan fingerprint density at radius 3 is 2.29 bits per heavy atom. The third-order valence-electron chi connectivity index (χ3n) is 2.14. The van der Waals surface area contributed by atoms with Crippen molar-refractivity contribution in [2.24, 2.45) is 0 Å². The van der Waals surface area contributed by atoms with Crippen LogP contribution in [0.25, 0.3) is 0 Å². The van der Waals surface area contributed by atoms with Gasteiger partial charge < -0.3 is 9.29 Å². The second-order valence-corrected chi connectivity index (χ2v) is 4.98. The van der Waals surface area contributed by atoms with E-state index >= 15 is 0 Å². The van der Waals surface area contributed by atoms with E-state index in [-0.39, 0.29) is 48.3 Å². The van der Waals surface area contributed by atoms with Crippen molar-refractivity contribution >= 4 is 10.1 Å². The molecule has 6 heteroatoms. The van der Waals surface area contributed by atoms with Gasteiger partial charge in [-0.25, -0.2) is 8.42 Å². The maximum absolute atomic E-state index is 10.3. The molecule has 0 saturated carbocycles. The van der Waals surface area contributed by atoms with E-state index in [9.17, 15) is 13.0 Å². The zero-order valence-electron chi connectivity index (χ0n) is 10.2. The van der Waals surface area contributed by atoms with Crippen molar-refractivity contribution in [1.82, 2.24) is 0 Å². The topological polar surface area (TPSA) is 66.4 Å². The monoisotopic (exact) mass is 266 g/mol. The molecule has 17 heavy (non-hydrogen) atoms. The molecule has 0 fully saturated rings. The fraction of sp³-hybridized carbons (Fsp3) is 0.455. The molecule has 0 atom stereocenters. The molecule has 0 saturated heterocycles. The van der Waals surface area contributed by atoms with Gasteiger partial charge in [-0.3, -0.25) is 0 Å². The van der Waals surface area contributed by atoms with Crippen LogP contribution in [0.5, 0.6) is 5.75 Å². The SMILES string of the molecule is CCc1ccc(OCCCS(=O)(=O)[O-])cc1.[Na+]. The first-order chi connectivity index (χ1) is 7.51. The van der Waals surface area contributed by atoms with E-state index in [1.807, 2.05) is 24.3 Å². The van der Waals surface area contributed by atoms with Crippen LogP contribution in [0, 0.1) is 0 Å². The van der Waals surface area contributed by atoms with Gasteiger partial charge >= 0.3 is 29.6 Å². The first-order valence-electron chi connectivity index (χ1n) is 5.16. The van der Waals surface area contributed by atoms with Crippen LogP contribution >= 0.6 is 0 Å². The second-order valence-electron chi connectivity index (χ2n) is 3.46. The van der Waals surface area contributed by atoms with E-state index in [4.69, 9.17) is 4.74 Å². The molecule has 0 unspecified atom stereocenters. The van der Waals surface area contributed by atoms with Crippen LogP contribution in [0.1, 0.15) is 18.9 Å². The van der Waals surface area contributed by atoms with E-state index in [1.165, 1.54) is 5.56 Å². The molecule has 1 aromatic rings. The summed E-state index contributed by atoms with van der Waals surface area (Å²) < 4.78 is 36.2. The van der Waals surface area contributed by atoms with Crippen molar-refractivity contribution in [3.05, 3.63) is 29.8 Å². The minimum atomic E-state index is -4.12. The van der Waals surface area contributed by atoms with Crippen LogP contribution in [0.3, 0.4) is 0 Å². The number of ether oxygens (including phenoxy) is 1. The van der Waals surface area contributed by atoms with Crippen LogP contribution in [-0.2, 0) is 16.5 Å². The van der Waals surface area contributed by atoms with Gasteiger partial charge in [0.1, 0.15) is 5.75 Å². The van der Waals surface area contributed by atoms with Crippen molar-refractivity contribution in [1.29, 1.82) is 0 Å². The molecular weight excluding hydrogens is 251 g/mol. The predicted molar refractivity (Wildman–Crippen MR) is 60.5 cm³/mol. The molecule has 0 aromatic heterocycles. The first kappa shape index (κ1) is 16.9. The second kappa shape index (κ2) is 8.11. The molecule has 0 aliphatic heterocycles. The zero-order valence-corrected chi connectivity index (χ0v) is 13.0. The number of aryl methyl sites for hydroxylation is 1. The van der Waals surface area contributed by atoms with Crippen LogP contribution < -0.4 is 34.3 Å². The average molecular weight is 266 g/mol. The third-order valence-corrected chi connectivity index (χ3v) is 2.93. The van der Waals surface area contributed by atoms with Gasteiger partial charge in [0.05, 0.1) is 16.7 Å². The largest absolute Gasteiger partial charge is 1.00 e. The van der Waals surface area contributed by atoms with Crippen molar-refractivity contribution < 1.29 is 47.3 Å². The van der Waals surface area contributed by atoms with Crippen molar-refractivity contribution in [2.75, 3.05) is 12.4 Å². The smallest absolute Gasteiger partial charge is 0.748 e. The summed E-state index contributed by atoms with van der Waals surface area (Å²) in [5.41, 5.74) is 1.22. The van der Waals surface area contributed by atoms with Gasteiger partial charge in [0.2, 0.25) is 0 Å². The Hall–Kier alpha value is -0.0700. The predicted octanol–water partition coefficient (Wildman–Crippen LogP) is -1.43. The Labute approximate surface area is 124 Å². The molecular formula is C11H15NaO4S. The van der Waals surface area contributed by atoms with E-state index in [0.717, 1.165) is 6.42 Å². The van der Waals surface area contributed by atoms with Crippen LogP contribution in [0.4, 0.5) is 0 Å². The summed E-state index contributed by atoms with van der Waals surface area (Å²) >= 11 is 0. The summed E-state index contributed by atoms with van der Waals surface area (Å²) in [5, 5.41) is 0. The number of benzene rings is 1. The Bertz CT molecular complexity index is 414. The van der Waals surface area contributed by atoms with E-state index in [2.05, 4.69) is 6.92 Å². The summed E-state index contributed by atoms with van der Waals surface area (Å²) in [6.45, 7) is 2.31. The minimum absolute atomic E-state index is 0. The zero-order chi connectivity index (χ0) is 12.0. The molecule has 1 aromatic carbocycles. The number of hydrogen-bond donors (Lipinski definition) is 0. The fourth-order valence-electron chi connectivity index (χ4n) is 1.25. The summed E-state index contributed by atoms with van der Waals surface area (Å²) in [6.07, 6.45) is 1.19. The third kappa shape index (κ3) is 7.78. The molecule has 0 aliphatic rings. The van der Waals surface area contributed by atoms with Gasteiger partial charge in [0.15, 0.2) is 0 Å². The quantitative estimate of drug-likeness (QED) is 0.359. The van der Waals surface area contributed by atoms with E-state index < -0.39 is 10.1 Å². The Morgan fingerprint density at radius 1 is 1.24 bits per heavy atom. The molecule has 0 radical (unpaired) electrons. The van der Waals surface area contributed by atoms with Gasteiger partial charge in [-0.2, -0.15) is 0 Å². The fourth-order valence-corrected chi connectivity index (χ4v) is 1.72. The summed E-state index contributed by atoms with van der Waals surface area (Å²) in [5.74, 6) is 0.320. The average Bonchev–Trinajstić information content (AvgIpc) is 2.24. The minimum Gasteiger partial charge on any atom is -0.748 e.